The zero-order valence-electron chi connectivity index (χ0n) is 13.5. The average molecular weight is 390 g/mol. The molecule has 132 valence electrons. The third kappa shape index (κ3) is 2.52. The molecule has 4 rings (SSSR count). The second kappa shape index (κ2) is 6.11. The van der Waals surface area contributed by atoms with E-state index < -0.39 is 5.91 Å². The van der Waals surface area contributed by atoms with Gasteiger partial charge in [0.1, 0.15) is 17.1 Å². The molecule has 1 amide bonds. The first-order chi connectivity index (χ1) is 12.5. The van der Waals surface area contributed by atoms with E-state index in [0.29, 0.717) is 32.6 Å². The van der Waals surface area contributed by atoms with Gasteiger partial charge in [-0.15, -0.1) is 21.5 Å². The molecule has 0 radical (unpaired) electrons. The highest BCUT2D eigenvalue weighted by molar-refractivity contribution is 7.17. The Morgan fingerprint density at radius 1 is 1.35 bits per heavy atom. The van der Waals surface area contributed by atoms with E-state index in [1.807, 2.05) is 11.4 Å². The first-order valence-corrected chi connectivity index (χ1v) is 8.75. The highest BCUT2D eigenvalue weighted by atomic mass is 35.5. The number of carbonyl (C=O) groups excluding carboxylic acids is 1. The Balaban J connectivity index is 1.78. The van der Waals surface area contributed by atoms with Gasteiger partial charge in [-0.05, 0) is 29.6 Å². The number of hydrogen-bond donors (Lipinski definition) is 1. The monoisotopic (exact) mass is 389 g/mol. The fraction of sp³-hybridized carbons (Fsp3) is 0.125. The Morgan fingerprint density at radius 3 is 2.92 bits per heavy atom. The summed E-state index contributed by atoms with van der Waals surface area (Å²) >= 11 is 7.25. The summed E-state index contributed by atoms with van der Waals surface area (Å²) < 4.78 is 9.53. The average Bonchev–Trinajstić information content (AvgIpc) is 3.25. The van der Waals surface area contributed by atoms with Crippen LogP contribution in [0.1, 0.15) is 16.2 Å². The number of amides is 1. The molecule has 3 aromatic heterocycles. The molecule has 26 heavy (non-hydrogen) atoms. The number of primary amides is 1. The Morgan fingerprint density at radius 2 is 2.15 bits per heavy atom. The highest BCUT2D eigenvalue weighted by Gasteiger charge is 2.17. The van der Waals surface area contributed by atoms with Crippen molar-refractivity contribution in [3.8, 4) is 5.75 Å². The second-order valence-electron chi connectivity index (χ2n) is 5.54. The number of rotatable bonds is 4. The number of halogens is 1. The van der Waals surface area contributed by atoms with Gasteiger partial charge in [-0.1, -0.05) is 11.6 Å². The van der Waals surface area contributed by atoms with E-state index >= 15 is 0 Å². The van der Waals surface area contributed by atoms with E-state index in [4.69, 9.17) is 22.1 Å². The maximum atomic E-state index is 12.3. The van der Waals surface area contributed by atoms with Crippen LogP contribution in [0.25, 0.3) is 16.0 Å². The third-order valence-electron chi connectivity index (χ3n) is 3.96. The van der Waals surface area contributed by atoms with Crippen molar-refractivity contribution < 1.29 is 9.53 Å². The molecule has 0 atom stereocenters. The number of benzene rings is 1. The number of fused-ring (bicyclic) bond motifs is 3. The number of thiophene rings is 1. The van der Waals surface area contributed by atoms with Crippen molar-refractivity contribution >= 4 is 44.8 Å². The molecule has 10 heteroatoms. The van der Waals surface area contributed by atoms with Crippen LogP contribution >= 0.6 is 22.9 Å². The molecule has 0 aliphatic carbocycles. The molecule has 1 aromatic carbocycles. The molecule has 0 aliphatic rings. The van der Waals surface area contributed by atoms with Crippen molar-refractivity contribution in [2.24, 2.45) is 12.8 Å². The predicted octanol–water partition coefficient (Wildman–Crippen LogP) is 1.97. The lowest BCUT2D eigenvalue weighted by Gasteiger charge is -2.10. The van der Waals surface area contributed by atoms with Gasteiger partial charge in [-0.25, -0.2) is 0 Å². The zero-order chi connectivity index (χ0) is 18.4. The second-order valence-corrected chi connectivity index (χ2v) is 6.90. The minimum absolute atomic E-state index is 0.0340. The number of hydrogen-bond acceptors (Lipinski definition) is 6. The summed E-state index contributed by atoms with van der Waals surface area (Å²) in [6, 6.07) is 6.45. The number of nitrogens with two attached hydrogens (primary N) is 1. The smallest absolute Gasteiger partial charge is 0.272 e. The van der Waals surface area contributed by atoms with Gasteiger partial charge in [0.2, 0.25) is 5.78 Å². The Hall–Kier alpha value is -2.91. The maximum absolute atomic E-state index is 12.3. The van der Waals surface area contributed by atoms with E-state index in [-0.39, 0.29) is 17.7 Å². The lowest BCUT2D eigenvalue weighted by molar-refractivity contribution is 0.0995. The van der Waals surface area contributed by atoms with Gasteiger partial charge in [0.15, 0.2) is 5.82 Å². The van der Waals surface area contributed by atoms with Gasteiger partial charge in [-0.3, -0.25) is 18.6 Å². The van der Waals surface area contributed by atoms with E-state index in [9.17, 15) is 9.59 Å². The van der Waals surface area contributed by atoms with Gasteiger partial charge in [0.25, 0.3) is 11.5 Å². The minimum atomic E-state index is -0.642. The van der Waals surface area contributed by atoms with E-state index in [1.54, 1.807) is 23.6 Å². The summed E-state index contributed by atoms with van der Waals surface area (Å²) in [6.45, 7) is 0.0340. The van der Waals surface area contributed by atoms with Crippen molar-refractivity contribution in [3.63, 3.8) is 0 Å². The van der Waals surface area contributed by atoms with Crippen LogP contribution in [0.2, 0.25) is 5.02 Å². The van der Waals surface area contributed by atoms with Gasteiger partial charge in [0, 0.05) is 12.1 Å². The third-order valence-corrected chi connectivity index (χ3v) is 5.09. The Labute approximate surface area is 155 Å². The molecule has 3 heterocycles. The SMILES string of the molecule is Cn1c(=O)c2sccc2n2c(COc3ccc(Cl)cc3C(N)=O)nnc12. The van der Waals surface area contributed by atoms with Crippen molar-refractivity contribution in [2.75, 3.05) is 0 Å². The van der Waals surface area contributed by atoms with Crippen LogP contribution in [0, 0.1) is 0 Å². The molecule has 8 nitrogen and oxygen atoms in total. The van der Waals surface area contributed by atoms with Crippen LogP contribution in [-0.4, -0.2) is 25.1 Å². The molecule has 0 bridgehead atoms. The lowest BCUT2D eigenvalue weighted by Crippen LogP contribution is -2.19. The predicted molar refractivity (Wildman–Crippen MR) is 97.9 cm³/mol. The fourth-order valence-corrected chi connectivity index (χ4v) is 3.73. The molecule has 4 aromatic rings. The van der Waals surface area contributed by atoms with Crippen LogP contribution in [-0.2, 0) is 13.7 Å². The van der Waals surface area contributed by atoms with E-state index in [2.05, 4.69) is 10.2 Å². The largest absolute Gasteiger partial charge is 0.485 e. The summed E-state index contributed by atoms with van der Waals surface area (Å²) in [5, 5.41) is 10.4. The first-order valence-electron chi connectivity index (χ1n) is 7.49. The Bertz CT molecular complexity index is 1230. The number of aromatic nitrogens is 4. The molecule has 0 saturated heterocycles. The molecule has 0 aliphatic heterocycles. The van der Waals surface area contributed by atoms with Crippen LogP contribution in [0.5, 0.6) is 5.75 Å². The number of carbonyl (C=O) groups is 1. The summed E-state index contributed by atoms with van der Waals surface area (Å²) in [4.78, 5) is 23.9. The van der Waals surface area contributed by atoms with Crippen molar-refractivity contribution in [1.29, 1.82) is 0 Å². The highest BCUT2D eigenvalue weighted by Crippen LogP contribution is 2.24. The van der Waals surface area contributed by atoms with Gasteiger partial charge < -0.3 is 10.5 Å². The fourth-order valence-electron chi connectivity index (χ4n) is 2.71. The number of nitrogens with zero attached hydrogens (tertiary/aromatic N) is 4. The van der Waals surface area contributed by atoms with Crippen LogP contribution in [0.15, 0.2) is 34.4 Å². The van der Waals surface area contributed by atoms with Gasteiger partial charge in [0.05, 0.1) is 11.1 Å². The quantitative estimate of drug-likeness (QED) is 0.574. The van der Waals surface area contributed by atoms with E-state index in [1.165, 1.54) is 22.0 Å². The molecule has 2 N–H and O–H groups in total. The minimum Gasteiger partial charge on any atom is -0.485 e. The molecule has 0 spiro atoms. The normalized spacial score (nSPS) is 11.3. The van der Waals surface area contributed by atoms with Gasteiger partial charge >= 0.3 is 0 Å². The molecular formula is C16H12ClN5O3S. The number of aryl methyl sites for hydroxylation is 1. The summed E-state index contributed by atoms with van der Waals surface area (Å²) in [7, 11) is 1.64. The standard InChI is InChI=1S/C16H12ClN5O3S/c1-21-15(24)13-10(4-5-26-13)22-12(19-20-16(21)22)7-25-11-3-2-8(17)6-9(11)14(18)23/h2-6H,7H2,1H3,(H2,18,23). The van der Waals surface area contributed by atoms with Crippen molar-refractivity contribution in [1.82, 2.24) is 19.2 Å². The van der Waals surface area contributed by atoms with Gasteiger partial charge in [-0.2, -0.15) is 0 Å². The molecule has 0 unspecified atom stereocenters. The molecule has 0 saturated carbocycles. The van der Waals surface area contributed by atoms with Crippen molar-refractivity contribution in [3.05, 3.63) is 56.4 Å². The molecule has 0 fully saturated rings. The van der Waals surface area contributed by atoms with Crippen molar-refractivity contribution in [2.45, 2.75) is 6.61 Å². The topological polar surface area (TPSA) is 105 Å². The summed E-state index contributed by atoms with van der Waals surface area (Å²) in [6.07, 6.45) is 0. The maximum Gasteiger partial charge on any atom is 0.272 e. The molecular weight excluding hydrogens is 378 g/mol. The Kier molecular flexibility index (Phi) is 3.89. The van der Waals surface area contributed by atoms with Crippen LogP contribution in [0.3, 0.4) is 0 Å². The number of ether oxygens (including phenoxy) is 1. The first kappa shape index (κ1) is 16.6. The van der Waals surface area contributed by atoms with Crippen LogP contribution < -0.4 is 16.0 Å². The van der Waals surface area contributed by atoms with E-state index in [0.717, 1.165) is 0 Å². The van der Waals surface area contributed by atoms with Crippen LogP contribution in [0.4, 0.5) is 0 Å². The zero-order valence-corrected chi connectivity index (χ0v) is 15.0. The summed E-state index contributed by atoms with van der Waals surface area (Å²) in [5.74, 6) is 0.552. The summed E-state index contributed by atoms with van der Waals surface area (Å²) in [5.41, 5.74) is 6.13. The lowest BCUT2D eigenvalue weighted by atomic mass is 10.2.